The minimum atomic E-state index is 0.382. The summed E-state index contributed by atoms with van der Waals surface area (Å²) >= 11 is 3.20. The number of hydrogen-bond donors (Lipinski definition) is 2. The third-order valence-electron chi connectivity index (χ3n) is 1.42. The van der Waals surface area contributed by atoms with Crippen molar-refractivity contribution in [1.29, 1.82) is 0 Å². The topological polar surface area (TPSA) is 93.4 Å². The van der Waals surface area contributed by atoms with Crippen molar-refractivity contribution in [3.63, 3.8) is 0 Å². The van der Waals surface area contributed by atoms with Crippen LogP contribution >= 0.6 is 15.9 Å². The van der Waals surface area contributed by atoms with Crippen molar-refractivity contribution in [3.8, 4) is 11.5 Å². The van der Waals surface area contributed by atoms with Crippen LogP contribution in [0.4, 0.5) is 5.82 Å². The third kappa shape index (κ3) is 1.50. The van der Waals surface area contributed by atoms with Gasteiger partial charge in [-0.3, -0.25) is 0 Å². The third-order valence-corrected chi connectivity index (χ3v) is 2.03. The summed E-state index contributed by atoms with van der Waals surface area (Å²) in [6, 6.07) is 0. The largest absolute Gasteiger partial charge is 0.383 e. The quantitative estimate of drug-likeness (QED) is 0.762. The van der Waals surface area contributed by atoms with Gasteiger partial charge in [-0.1, -0.05) is 0 Å². The van der Waals surface area contributed by atoms with E-state index < -0.39 is 0 Å². The minimum Gasteiger partial charge on any atom is -0.383 e. The fourth-order valence-corrected chi connectivity index (χ4v) is 1.00. The summed E-state index contributed by atoms with van der Waals surface area (Å²) in [6.45, 7) is 0. The van der Waals surface area contributed by atoms with Gasteiger partial charge in [-0.05, 0) is 15.9 Å². The molecule has 13 heavy (non-hydrogen) atoms. The van der Waals surface area contributed by atoms with Crippen LogP contribution in [0.5, 0.6) is 0 Å². The smallest absolute Gasteiger partial charge is 0.183 e. The van der Waals surface area contributed by atoms with Crippen molar-refractivity contribution in [2.45, 2.75) is 0 Å². The van der Waals surface area contributed by atoms with Crippen molar-refractivity contribution in [1.82, 2.24) is 25.4 Å². The van der Waals surface area contributed by atoms with Gasteiger partial charge in [0.1, 0.15) is 11.5 Å². The summed E-state index contributed by atoms with van der Waals surface area (Å²) in [4.78, 5) is 8.03. The fraction of sp³-hybridized carbons (Fsp3) is 0. The van der Waals surface area contributed by atoms with Gasteiger partial charge in [0.05, 0.1) is 10.7 Å². The van der Waals surface area contributed by atoms with E-state index in [2.05, 4.69) is 41.3 Å². The predicted molar refractivity (Wildman–Crippen MR) is 49.5 cm³/mol. The molecule has 7 heteroatoms. The summed E-state index contributed by atoms with van der Waals surface area (Å²) in [7, 11) is 0. The minimum absolute atomic E-state index is 0.382. The molecule has 2 rings (SSSR count). The van der Waals surface area contributed by atoms with Crippen LogP contribution in [0.15, 0.2) is 16.9 Å². The molecule has 0 radical (unpaired) electrons. The molecule has 0 saturated heterocycles. The van der Waals surface area contributed by atoms with Crippen molar-refractivity contribution in [2.24, 2.45) is 0 Å². The number of H-pyrrole nitrogens is 1. The van der Waals surface area contributed by atoms with Gasteiger partial charge in [-0.15, -0.1) is 0 Å². The first-order valence-electron chi connectivity index (χ1n) is 3.41. The number of hydrogen-bond acceptors (Lipinski definition) is 5. The Bertz CT molecular complexity index is 411. The Kier molecular flexibility index (Phi) is 1.93. The van der Waals surface area contributed by atoms with Crippen molar-refractivity contribution >= 4 is 21.7 Å². The number of aromatic amines is 1. The predicted octanol–water partition coefficient (Wildman–Crippen LogP) is 0.606. The second-order valence-corrected chi connectivity index (χ2v) is 3.14. The summed E-state index contributed by atoms with van der Waals surface area (Å²) < 4.78 is 0.666. The van der Waals surface area contributed by atoms with Crippen LogP contribution in [0.2, 0.25) is 0 Å². The van der Waals surface area contributed by atoms with Gasteiger partial charge in [-0.25, -0.2) is 9.97 Å². The van der Waals surface area contributed by atoms with E-state index in [0.717, 1.165) is 0 Å². The zero-order valence-electron chi connectivity index (χ0n) is 6.40. The van der Waals surface area contributed by atoms with Crippen LogP contribution in [-0.2, 0) is 0 Å². The number of anilines is 1. The van der Waals surface area contributed by atoms with Crippen LogP contribution in [0.25, 0.3) is 11.5 Å². The van der Waals surface area contributed by atoms with E-state index in [4.69, 9.17) is 5.73 Å². The first-order chi connectivity index (χ1) is 6.27. The summed E-state index contributed by atoms with van der Waals surface area (Å²) in [5.41, 5.74) is 6.14. The lowest BCUT2D eigenvalue weighted by Crippen LogP contribution is -1.96. The van der Waals surface area contributed by atoms with Gasteiger partial charge in [0, 0.05) is 6.20 Å². The highest BCUT2D eigenvalue weighted by Gasteiger charge is 2.05. The molecule has 0 amide bonds. The molecule has 0 unspecified atom stereocenters. The van der Waals surface area contributed by atoms with E-state index in [1.807, 2.05) is 0 Å². The molecule has 6 nitrogen and oxygen atoms in total. The number of aromatic nitrogens is 5. The van der Waals surface area contributed by atoms with E-state index in [1.54, 1.807) is 6.20 Å². The molecule has 0 aliphatic rings. The van der Waals surface area contributed by atoms with Crippen LogP contribution in [0.1, 0.15) is 0 Å². The van der Waals surface area contributed by atoms with Gasteiger partial charge in [-0.2, -0.15) is 15.4 Å². The lowest BCUT2D eigenvalue weighted by atomic mass is 10.4. The molecule has 0 aliphatic carbocycles. The van der Waals surface area contributed by atoms with Crippen LogP contribution in [0, 0.1) is 0 Å². The molecule has 0 fully saturated rings. The van der Waals surface area contributed by atoms with Gasteiger partial charge in [0.25, 0.3) is 0 Å². The highest BCUT2D eigenvalue weighted by atomic mass is 79.9. The van der Waals surface area contributed by atoms with Crippen molar-refractivity contribution in [2.75, 3.05) is 5.73 Å². The molecule has 0 aliphatic heterocycles. The standard InChI is InChI=1S/C6H5BrN6/c7-3-1-9-6(11-5(3)8)4-2-10-13-12-4/h1-2H,(H2,8,9,11)(H,10,12,13). The average molecular weight is 241 g/mol. The maximum absolute atomic E-state index is 5.57. The Morgan fingerprint density at radius 1 is 1.38 bits per heavy atom. The molecule has 0 bridgehead atoms. The lowest BCUT2D eigenvalue weighted by Gasteiger charge is -1.97. The molecule has 2 aromatic heterocycles. The highest BCUT2D eigenvalue weighted by molar-refractivity contribution is 9.10. The number of halogens is 1. The Labute approximate surface area is 81.7 Å². The molecule has 0 atom stereocenters. The molecule has 2 aromatic rings. The maximum atomic E-state index is 5.57. The number of nitrogens with one attached hydrogen (secondary N) is 1. The normalized spacial score (nSPS) is 10.2. The summed E-state index contributed by atoms with van der Waals surface area (Å²) in [6.07, 6.45) is 3.11. The molecular weight excluding hydrogens is 236 g/mol. The average Bonchev–Trinajstić information content (AvgIpc) is 2.62. The van der Waals surface area contributed by atoms with E-state index in [1.165, 1.54) is 6.20 Å². The van der Waals surface area contributed by atoms with E-state index in [-0.39, 0.29) is 0 Å². The highest BCUT2D eigenvalue weighted by Crippen LogP contribution is 2.18. The van der Waals surface area contributed by atoms with Gasteiger partial charge in [0.2, 0.25) is 0 Å². The number of nitrogen functional groups attached to an aromatic ring is 1. The number of nitrogens with zero attached hydrogens (tertiary/aromatic N) is 4. The van der Waals surface area contributed by atoms with Crippen LogP contribution in [0.3, 0.4) is 0 Å². The Morgan fingerprint density at radius 3 is 2.85 bits per heavy atom. The monoisotopic (exact) mass is 240 g/mol. The van der Waals surface area contributed by atoms with E-state index in [0.29, 0.717) is 21.8 Å². The molecule has 0 spiro atoms. The molecule has 2 heterocycles. The van der Waals surface area contributed by atoms with Crippen LogP contribution in [-0.4, -0.2) is 25.4 Å². The van der Waals surface area contributed by atoms with Gasteiger partial charge < -0.3 is 5.73 Å². The van der Waals surface area contributed by atoms with Gasteiger partial charge >= 0.3 is 0 Å². The first-order valence-corrected chi connectivity index (χ1v) is 4.21. The Balaban J connectivity index is 2.49. The molecular formula is C6H5BrN6. The Hall–Kier alpha value is -1.50. The molecule has 66 valence electrons. The van der Waals surface area contributed by atoms with Crippen molar-refractivity contribution in [3.05, 3.63) is 16.9 Å². The lowest BCUT2D eigenvalue weighted by molar-refractivity contribution is 0.938. The summed E-state index contributed by atoms with van der Waals surface area (Å²) in [5.74, 6) is 0.836. The molecule has 3 N–H and O–H groups in total. The number of rotatable bonds is 1. The SMILES string of the molecule is Nc1nc(-c2cn[nH]n2)ncc1Br. The fourth-order valence-electron chi connectivity index (χ4n) is 0.813. The molecule has 0 aromatic carbocycles. The van der Waals surface area contributed by atoms with E-state index in [9.17, 15) is 0 Å². The van der Waals surface area contributed by atoms with Gasteiger partial charge in [0.15, 0.2) is 5.82 Å². The first kappa shape index (κ1) is 8.11. The zero-order valence-corrected chi connectivity index (χ0v) is 7.98. The number of nitrogens with two attached hydrogens (primary N) is 1. The Morgan fingerprint density at radius 2 is 2.23 bits per heavy atom. The van der Waals surface area contributed by atoms with Crippen molar-refractivity contribution < 1.29 is 0 Å². The van der Waals surface area contributed by atoms with E-state index >= 15 is 0 Å². The maximum Gasteiger partial charge on any atom is 0.183 e. The molecule has 0 saturated carbocycles. The summed E-state index contributed by atoms with van der Waals surface area (Å²) in [5, 5.41) is 9.94. The second-order valence-electron chi connectivity index (χ2n) is 2.28. The van der Waals surface area contributed by atoms with Crippen LogP contribution < -0.4 is 5.73 Å². The second kappa shape index (κ2) is 3.09. The zero-order chi connectivity index (χ0) is 9.26.